The molecular weight excluding hydrogens is 294 g/mol. The van der Waals surface area contributed by atoms with Crippen LogP contribution >= 0.6 is 11.8 Å². The molecule has 20 heavy (non-hydrogen) atoms. The Morgan fingerprint density at radius 2 is 2.05 bits per heavy atom. The van der Waals surface area contributed by atoms with Crippen LogP contribution < -0.4 is 11.1 Å². The molecule has 0 aliphatic carbocycles. The van der Waals surface area contributed by atoms with Gasteiger partial charge in [0.1, 0.15) is 4.90 Å². The fourth-order valence-electron chi connectivity index (χ4n) is 1.69. The molecule has 0 amide bonds. The molecule has 0 saturated heterocycles. The summed E-state index contributed by atoms with van der Waals surface area (Å²) in [4.78, 5) is 0.142. The van der Waals surface area contributed by atoms with Crippen LogP contribution in [0.2, 0.25) is 0 Å². The van der Waals surface area contributed by atoms with E-state index in [1.54, 1.807) is 12.1 Å². The van der Waals surface area contributed by atoms with Crippen LogP contribution in [-0.2, 0) is 10.0 Å². The zero-order valence-corrected chi connectivity index (χ0v) is 14.0. The predicted molar refractivity (Wildman–Crippen MR) is 87.8 cm³/mol. The molecule has 1 unspecified atom stereocenters. The Bertz CT molecular complexity index is 545. The molecule has 7 heteroatoms. The fraction of sp³-hybridized carbons (Fsp3) is 0.538. The van der Waals surface area contributed by atoms with Crippen LogP contribution in [0.15, 0.2) is 23.1 Å². The van der Waals surface area contributed by atoms with Gasteiger partial charge in [0.2, 0.25) is 10.0 Å². The predicted octanol–water partition coefficient (Wildman–Crippen LogP) is 2.07. The highest BCUT2D eigenvalue weighted by Crippen LogP contribution is 2.28. The highest BCUT2D eigenvalue weighted by atomic mass is 32.2. The van der Waals surface area contributed by atoms with Crippen molar-refractivity contribution in [2.24, 2.45) is 0 Å². The van der Waals surface area contributed by atoms with E-state index in [4.69, 9.17) is 5.73 Å². The van der Waals surface area contributed by atoms with Crippen molar-refractivity contribution in [2.75, 3.05) is 36.7 Å². The van der Waals surface area contributed by atoms with Crippen LogP contribution in [-0.4, -0.2) is 44.4 Å². The van der Waals surface area contributed by atoms with Gasteiger partial charge in [0.15, 0.2) is 0 Å². The van der Waals surface area contributed by atoms with Gasteiger partial charge in [0.25, 0.3) is 0 Å². The van der Waals surface area contributed by atoms with Crippen molar-refractivity contribution in [3.05, 3.63) is 18.2 Å². The molecule has 0 fully saturated rings. The van der Waals surface area contributed by atoms with Crippen molar-refractivity contribution >= 4 is 33.2 Å². The minimum Gasteiger partial charge on any atom is -0.396 e. The van der Waals surface area contributed by atoms with E-state index in [0.717, 1.165) is 11.5 Å². The summed E-state index contributed by atoms with van der Waals surface area (Å²) in [5.74, 6) is 2.00. The van der Waals surface area contributed by atoms with E-state index in [9.17, 15) is 8.42 Å². The Balaban J connectivity index is 3.02. The lowest BCUT2D eigenvalue weighted by molar-refractivity contribution is 0.521. The molecule has 5 nitrogen and oxygen atoms in total. The van der Waals surface area contributed by atoms with Gasteiger partial charge >= 0.3 is 0 Å². The molecule has 0 bridgehead atoms. The standard InChI is InChI=1S/C13H23N3O2S2/c1-5-19-9-10(2)15-11-7-6-8-12(13(11)14)20(17,18)16(3)4/h6-8,10,15H,5,9,14H2,1-4H3. The number of nitrogens with zero attached hydrogens (tertiary/aromatic N) is 1. The Kier molecular flexibility index (Phi) is 6.16. The third-order valence-electron chi connectivity index (χ3n) is 2.80. The molecule has 0 aliphatic rings. The van der Waals surface area contributed by atoms with Gasteiger partial charge in [-0.1, -0.05) is 13.0 Å². The maximum Gasteiger partial charge on any atom is 0.244 e. The highest BCUT2D eigenvalue weighted by molar-refractivity contribution is 7.99. The van der Waals surface area contributed by atoms with E-state index in [0.29, 0.717) is 5.69 Å². The molecule has 0 spiro atoms. The average molecular weight is 317 g/mol. The number of benzene rings is 1. The van der Waals surface area contributed by atoms with Crippen LogP contribution in [0.1, 0.15) is 13.8 Å². The van der Waals surface area contributed by atoms with Crippen molar-refractivity contribution in [3.8, 4) is 0 Å². The second-order valence-electron chi connectivity index (χ2n) is 4.71. The molecule has 3 N–H and O–H groups in total. The number of rotatable bonds is 7. The van der Waals surface area contributed by atoms with Crippen molar-refractivity contribution in [1.29, 1.82) is 0 Å². The maximum atomic E-state index is 12.2. The zero-order valence-electron chi connectivity index (χ0n) is 12.4. The first kappa shape index (κ1) is 17.1. The lowest BCUT2D eigenvalue weighted by atomic mass is 10.2. The molecule has 0 radical (unpaired) electrons. The number of nitrogens with one attached hydrogen (secondary N) is 1. The summed E-state index contributed by atoms with van der Waals surface area (Å²) in [6.07, 6.45) is 0. The maximum absolute atomic E-state index is 12.2. The summed E-state index contributed by atoms with van der Waals surface area (Å²) in [6.45, 7) is 4.16. The summed E-state index contributed by atoms with van der Waals surface area (Å²) in [6, 6.07) is 5.26. The number of nitrogen functional groups attached to an aromatic ring is 1. The molecule has 1 atom stereocenters. The average Bonchev–Trinajstić information content (AvgIpc) is 2.38. The summed E-state index contributed by atoms with van der Waals surface area (Å²) < 4.78 is 25.5. The normalized spacial score (nSPS) is 13.4. The second-order valence-corrected chi connectivity index (χ2v) is 8.15. The number of thioether (sulfide) groups is 1. The van der Waals surface area contributed by atoms with E-state index in [1.165, 1.54) is 24.5 Å². The monoisotopic (exact) mass is 317 g/mol. The molecule has 1 rings (SSSR count). The minimum absolute atomic E-state index is 0.142. The number of nitrogens with two attached hydrogens (primary N) is 1. The van der Waals surface area contributed by atoms with Crippen LogP contribution in [0.5, 0.6) is 0 Å². The number of anilines is 2. The Morgan fingerprint density at radius 3 is 2.60 bits per heavy atom. The number of sulfonamides is 1. The SMILES string of the molecule is CCSCC(C)Nc1cccc(S(=O)(=O)N(C)C)c1N. The third-order valence-corrected chi connectivity index (χ3v) is 5.82. The van der Waals surface area contributed by atoms with Crippen molar-refractivity contribution in [3.63, 3.8) is 0 Å². The van der Waals surface area contributed by atoms with Gasteiger partial charge in [-0.15, -0.1) is 0 Å². The minimum atomic E-state index is -3.52. The van der Waals surface area contributed by atoms with E-state index in [-0.39, 0.29) is 16.6 Å². The smallest absolute Gasteiger partial charge is 0.244 e. The largest absolute Gasteiger partial charge is 0.396 e. The molecule has 0 saturated carbocycles. The van der Waals surface area contributed by atoms with Gasteiger partial charge in [0, 0.05) is 25.9 Å². The quantitative estimate of drug-likeness (QED) is 0.753. The number of hydrogen-bond donors (Lipinski definition) is 2. The molecule has 1 aromatic rings. The Morgan fingerprint density at radius 1 is 1.40 bits per heavy atom. The van der Waals surface area contributed by atoms with Crippen LogP contribution in [0.3, 0.4) is 0 Å². The second kappa shape index (κ2) is 7.19. The van der Waals surface area contributed by atoms with Gasteiger partial charge in [-0.25, -0.2) is 12.7 Å². The summed E-state index contributed by atoms with van der Waals surface area (Å²) in [7, 11) is -0.529. The van der Waals surface area contributed by atoms with Crippen LogP contribution in [0.4, 0.5) is 11.4 Å². The van der Waals surface area contributed by atoms with E-state index >= 15 is 0 Å². The molecule has 1 aromatic carbocycles. The van der Waals surface area contributed by atoms with Gasteiger partial charge in [-0.3, -0.25) is 0 Å². The third kappa shape index (κ3) is 4.04. The van der Waals surface area contributed by atoms with E-state index < -0.39 is 10.0 Å². The fourth-order valence-corrected chi connectivity index (χ4v) is 3.40. The number of para-hydroxylation sites is 1. The van der Waals surface area contributed by atoms with Crippen LogP contribution in [0, 0.1) is 0 Å². The molecular formula is C13H23N3O2S2. The van der Waals surface area contributed by atoms with Crippen LogP contribution in [0.25, 0.3) is 0 Å². The first-order valence-corrected chi connectivity index (χ1v) is 9.05. The zero-order chi connectivity index (χ0) is 15.3. The van der Waals surface area contributed by atoms with E-state index in [2.05, 4.69) is 19.2 Å². The lowest BCUT2D eigenvalue weighted by Gasteiger charge is -2.19. The molecule has 0 aromatic heterocycles. The summed E-state index contributed by atoms with van der Waals surface area (Å²) in [5, 5.41) is 3.27. The van der Waals surface area contributed by atoms with Crippen molar-refractivity contribution in [2.45, 2.75) is 24.8 Å². The first-order chi connectivity index (χ1) is 9.30. The van der Waals surface area contributed by atoms with E-state index in [1.807, 2.05) is 11.8 Å². The first-order valence-electron chi connectivity index (χ1n) is 6.46. The van der Waals surface area contributed by atoms with Gasteiger partial charge in [-0.05, 0) is 24.8 Å². The lowest BCUT2D eigenvalue weighted by Crippen LogP contribution is -2.24. The Labute approximate surface area is 126 Å². The van der Waals surface area contributed by atoms with Crippen molar-refractivity contribution < 1.29 is 8.42 Å². The highest BCUT2D eigenvalue weighted by Gasteiger charge is 2.21. The van der Waals surface area contributed by atoms with Gasteiger partial charge in [0.05, 0.1) is 11.4 Å². The van der Waals surface area contributed by atoms with Gasteiger partial charge in [-0.2, -0.15) is 11.8 Å². The van der Waals surface area contributed by atoms with Crippen molar-refractivity contribution in [1.82, 2.24) is 4.31 Å². The molecule has 0 heterocycles. The Hall–Kier alpha value is -0.920. The summed E-state index contributed by atoms with van der Waals surface area (Å²) in [5.41, 5.74) is 6.95. The summed E-state index contributed by atoms with van der Waals surface area (Å²) >= 11 is 1.83. The molecule has 114 valence electrons. The number of hydrogen-bond acceptors (Lipinski definition) is 5. The van der Waals surface area contributed by atoms with Gasteiger partial charge < -0.3 is 11.1 Å². The topological polar surface area (TPSA) is 75.4 Å². The molecule has 0 aliphatic heterocycles.